The molecule has 1 aromatic carbocycles. The molecule has 1 unspecified atom stereocenters. The zero-order valence-corrected chi connectivity index (χ0v) is 14.0. The molecule has 0 amide bonds. The monoisotopic (exact) mass is 313 g/mol. The summed E-state index contributed by atoms with van der Waals surface area (Å²) >= 11 is 6.07. The molecular weight excluding hydrogens is 286 g/mol. The van der Waals surface area contributed by atoms with Crippen molar-refractivity contribution in [1.29, 1.82) is 0 Å². The highest BCUT2D eigenvalue weighted by atomic mass is 35.5. The third-order valence-electron chi connectivity index (χ3n) is 3.17. The second kappa shape index (κ2) is 12.0. The molecule has 3 nitrogen and oxygen atoms in total. The van der Waals surface area contributed by atoms with Crippen molar-refractivity contribution in [2.75, 3.05) is 32.9 Å². The number of ether oxygens (including phenoxy) is 2. The van der Waals surface area contributed by atoms with Crippen molar-refractivity contribution in [3.63, 3.8) is 0 Å². The number of nitrogens with one attached hydrogen (secondary N) is 1. The van der Waals surface area contributed by atoms with Crippen molar-refractivity contribution in [3.8, 4) is 0 Å². The Hall–Kier alpha value is -0.610. The summed E-state index contributed by atoms with van der Waals surface area (Å²) in [6, 6.07) is 7.88. The van der Waals surface area contributed by atoms with Crippen molar-refractivity contribution in [2.24, 2.45) is 0 Å². The maximum absolute atomic E-state index is 6.07. The lowest BCUT2D eigenvalue weighted by Gasteiger charge is -2.19. The maximum Gasteiger partial charge on any atom is 0.0950 e. The highest BCUT2D eigenvalue weighted by Crippen LogP contribution is 2.20. The van der Waals surface area contributed by atoms with Crippen LogP contribution in [0.4, 0.5) is 0 Å². The van der Waals surface area contributed by atoms with Crippen molar-refractivity contribution in [3.05, 3.63) is 34.9 Å². The SMILES string of the molecule is CCCCOCCOC(CNCCC)c1cccc(Cl)c1. The maximum atomic E-state index is 6.07. The van der Waals surface area contributed by atoms with Crippen LogP contribution in [0.2, 0.25) is 5.02 Å². The molecule has 0 radical (unpaired) electrons. The smallest absolute Gasteiger partial charge is 0.0950 e. The van der Waals surface area contributed by atoms with Gasteiger partial charge in [-0.2, -0.15) is 0 Å². The molecule has 0 fully saturated rings. The van der Waals surface area contributed by atoms with Gasteiger partial charge < -0.3 is 14.8 Å². The fourth-order valence-corrected chi connectivity index (χ4v) is 2.19. The predicted molar refractivity (Wildman–Crippen MR) is 89.0 cm³/mol. The zero-order chi connectivity index (χ0) is 15.3. The average molecular weight is 314 g/mol. The molecule has 0 saturated heterocycles. The number of unbranched alkanes of at least 4 members (excludes halogenated alkanes) is 1. The van der Waals surface area contributed by atoms with Crippen LogP contribution in [0.3, 0.4) is 0 Å². The van der Waals surface area contributed by atoms with Crippen LogP contribution >= 0.6 is 11.6 Å². The molecule has 0 aliphatic rings. The highest BCUT2D eigenvalue weighted by Gasteiger charge is 2.12. The van der Waals surface area contributed by atoms with Gasteiger partial charge in [0.05, 0.1) is 19.3 Å². The van der Waals surface area contributed by atoms with Gasteiger partial charge in [0.15, 0.2) is 0 Å². The Morgan fingerprint density at radius 1 is 1.14 bits per heavy atom. The summed E-state index contributed by atoms with van der Waals surface area (Å²) in [5.74, 6) is 0. The molecular formula is C17H28ClNO2. The lowest BCUT2D eigenvalue weighted by molar-refractivity contribution is 0.00367. The van der Waals surface area contributed by atoms with E-state index < -0.39 is 0 Å². The lowest BCUT2D eigenvalue weighted by atomic mass is 10.1. The molecule has 21 heavy (non-hydrogen) atoms. The van der Waals surface area contributed by atoms with Gasteiger partial charge >= 0.3 is 0 Å². The van der Waals surface area contributed by atoms with Crippen LogP contribution in [0, 0.1) is 0 Å². The fourth-order valence-electron chi connectivity index (χ4n) is 1.99. The van der Waals surface area contributed by atoms with Gasteiger partial charge in [-0.15, -0.1) is 0 Å². The summed E-state index contributed by atoms with van der Waals surface area (Å²) in [6.07, 6.45) is 3.40. The molecule has 1 rings (SSSR count). The summed E-state index contributed by atoms with van der Waals surface area (Å²) in [7, 11) is 0. The molecule has 0 aromatic heterocycles. The number of halogens is 1. The minimum Gasteiger partial charge on any atom is -0.379 e. The number of benzene rings is 1. The Labute approximate surface area is 134 Å². The van der Waals surface area contributed by atoms with E-state index in [-0.39, 0.29) is 6.10 Å². The molecule has 0 heterocycles. The van der Waals surface area contributed by atoms with Crippen LogP contribution < -0.4 is 5.32 Å². The van der Waals surface area contributed by atoms with Crippen molar-refractivity contribution < 1.29 is 9.47 Å². The van der Waals surface area contributed by atoms with Crippen LogP contribution in [0.15, 0.2) is 24.3 Å². The quantitative estimate of drug-likeness (QED) is 0.586. The molecule has 120 valence electrons. The normalized spacial score (nSPS) is 12.5. The van der Waals surface area contributed by atoms with E-state index in [1.807, 2.05) is 18.2 Å². The second-order valence-corrected chi connectivity index (χ2v) is 5.52. The van der Waals surface area contributed by atoms with Gasteiger partial charge in [-0.05, 0) is 37.1 Å². The summed E-state index contributed by atoms with van der Waals surface area (Å²) in [5.41, 5.74) is 1.11. The molecule has 0 bridgehead atoms. The van der Waals surface area contributed by atoms with Gasteiger partial charge in [-0.3, -0.25) is 0 Å². The Kier molecular flexibility index (Phi) is 10.5. The van der Waals surface area contributed by atoms with Crippen molar-refractivity contribution >= 4 is 11.6 Å². The minimum absolute atomic E-state index is 0.0185. The molecule has 0 saturated carbocycles. The Balaban J connectivity index is 2.41. The standard InChI is InChI=1S/C17H28ClNO2/c1-3-5-10-20-11-12-21-17(14-19-9-4-2)15-7-6-8-16(18)13-15/h6-8,13,17,19H,3-5,9-12,14H2,1-2H3. The third-order valence-corrected chi connectivity index (χ3v) is 3.40. The van der Waals surface area contributed by atoms with Gasteiger partial charge in [-0.25, -0.2) is 0 Å². The first-order valence-corrected chi connectivity index (χ1v) is 8.31. The topological polar surface area (TPSA) is 30.5 Å². The molecule has 4 heteroatoms. The van der Waals surface area contributed by atoms with E-state index in [0.717, 1.165) is 49.5 Å². The first-order chi connectivity index (χ1) is 10.3. The molecule has 1 aromatic rings. The third kappa shape index (κ3) is 8.42. The van der Waals surface area contributed by atoms with E-state index in [1.165, 1.54) is 0 Å². The first-order valence-electron chi connectivity index (χ1n) is 7.93. The molecule has 0 aliphatic heterocycles. The summed E-state index contributed by atoms with van der Waals surface area (Å²) in [4.78, 5) is 0. The molecule has 0 spiro atoms. The van der Waals surface area contributed by atoms with E-state index in [0.29, 0.717) is 13.2 Å². The Bertz CT molecular complexity index is 374. The second-order valence-electron chi connectivity index (χ2n) is 5.08. The number of rotatable bonds is 12. The van der Waals surface area contributed by atoms with Crippen molar-refractivity contribution in [2.45, 2.75) is 39.2 Å². The highest BCUT2D eigenvalue weighted by molar-refractivity contribution is 6.30. The van der Waals surface area contributed by atoms with Crippen LogP contribution in [0.1, 0.15) is 44.8 Å². The van der Waals surface area contributed by atoms with E-state index in [9.17, 15) is 0 Å². The van der Waals surface area contributed by atoms with E-state index >= 15 is 0 Å². The Morgan fingerprint density at radius 3 is 2.71 bits per heavy atom. The van der Waals surface area contributed by atoms with Gasteiger partial charge in [0.1, 0.15) is 0 Å². The summed E-state index contributed by atoms with van der Waals surface area (Å²) < 4.78 is 11.5. The average Bonchev–Trinajstić information content (AvgIpc) is 2.49. The molecule has 0 aliphatic carbocycles. The van der Waals surface area contributed by atoms with E-state index in [4.69, 9.17) is 21.1 Å². The summed E-state index contributed by atoms with van der Waals surface area (Å²) in [5, 5.41) is 4.15. The fraction of sp³-hybridized carbons (Fsp3) is 0.647. The van der Waals surface area contributed by atoms with Crippen LogP contribution in [0.5, 0.6) is 0 Å². The molecule has 1 atom stereocenters. The first kappa shape index (κ1) is 18.4. The summed E-state index contributed by atoms with van der Waals surface area (Å²) in [6.45, 7) is 8.17. The molecule has 1 N–H and O–H groups in total. The lowest BCUT2D eigenvalue weighted by Crippen LogP contribution is -2.25. The van der Waals surface area contributed by atoms with Gasteiger partial charge in [0.25, 0.3) is 0 Å². The predicted octanol–water partition coefficient (Wildman–Crippen LogP) is 4.21. The van der Waals surface area contributed by atoms with E-state index in [1.54, 1.807) is 0 Å². The van der Waals surface area contributed by atoms with Gasteiger partial charge in [-0.1, -0.05) is 44.0 Å². The zero-order valence-electron chi connectivity index (χ0n) is 13.2. The van der Waals surface area contributed by atoms with Gasteiger partial charge in [0, 0.05) is 18.2 Å². The number of hydrogen-bond donors (Lipinski definition) is 1. The van der Waals surface area contributed by atoms with E-state index in [2.05, 4.69) is 25.2 Å². The minimum atomic E-state index is 0.0185. The van der Waals surface area contributed by atoms with Crippen molar-refractivity contribution in [1.82, 2.24) is 5.32 Å². The van der Waals surface area contributed by atoms with Gasteiger partial charge in [0.2, 0.25) is 0 Å². The largest absolute Gasteiger partial charge is 0.379 e. The number of hydrogen-bond acceptors (Lipinski definition) is 3. The van der Waals surface area contributed by atoms with Crippen LogP contribution in [0.25, 0.3) is 0 Å². The Morgan fingerprint density at radius 2 is 2.00 bits per heavy atom. The van der Waals surface area contributed by atoms with Crippen LogP contribution in [-0.2, 0) is 9.47 Å². The van der Waals surface area contributed by atoms with Crippen LogP contribution in [-0.4, -0.2) is 32.9 Å².